The molecule has 0 radical (unpaired) electrons. The number of primary amides is 2. The molecule has 0 aliphatic rings. The number of ether oxygens (including phenoxy) is 2. The molecule has 11 nitrogen and oxygen atoms in total. The van der Waals surface area contributed by atoms with Crippen molar-refractivity contribution in [3.63, 3.8) is 0 Å². The molecule has 1 aromatic carbocycles. The van der Waals surface area contributed by atoms with Gasteiger partial charge in [0, 0.05) is 11.8 Å². The number of anilines is 1. The van der Waals surface area contributed by atoms with Crippen molar-refractivity contribution in [2.45, 2.75) is 12.3 Å². The number of para-hydroxylation sites is 1. The summed E-state index contributed by atoms with van der Waals surface area (Å²) in [5, 5.41) is 12.4. The molecule has 2 rings (SSSR count). The lowest BCUT2D eigenvalue weighted by Crippen LogP contribution is -2.28. The van der Waals surface area contributed by atoms with Crippen molar-refractivity contribution < 1.29 is 29.1 Å². The smallest absolute Gasteiger partial charge is 0.408 e. The number of nitrogens with two attached hydrogens (primary N) is 3. The molecule has 0 saturated heterocycles. The van der Waals surface area contributed by atoms with Gasteiger partial charge in [0.2, 0.25) is 5.90 Å². The van der Waals surface area contributed by atoms with Crippen LogP contribution in [0.5, 0.6) is 0 Å². The van der Waals surface area contributed by atoms with Gasteiger partial charge in [0.1, 0.15) is 5.92 Å². The van der Waals surface area contributed by atoms with Crippen LogP contribution >= 0.6 is 0 Å². The van der Waals surface area contributed by atoms with E-state index in [1.54, 1.807) is 30.3 Å². The molecule has 7 N–H and O–H groups in total. The quantitative estimate of drug-likeness (QED) is 0.153. The summed E-state index contributed by atoms with van der Waals surface area (Å²) in [6, 6.07) is 8.50. The van der Waals surface area contributed by atoms with Gasteiger partial charge >= 0.3 is 18.2 Å². The van der Waals surface area contributed by atoms with Crippen LogP contribution in [0.25, 0.3) is 10.9 Å². The zero-order valence-electron chi connectivity index (χ0n) is 13.3. The predicted molar refractivity (Wildman–Crippen MR) is 89.1 cm³/mol. The maximum atomic E-state index is 12.3. The van der Waals surface area contributed by atoms with Gasteiger partial charge in [-0.1, -0.05) is 23.4 Å². The van der Waals surface area contributed by atoms with Gasteiger partial charge in [-0.25, -0.2) is 14.6 Å². The average molecular weight is 361 g/mol. The van der Waals surface area contributed by atoms with Gasteiger partial charge in [-0.2, -0.15) is 0 Å². The normalized spacial score (nSPS) is 12.4. The van der Waals surface area contributed by atoms with Gasteiger partial charge < -0.3 is 31.9 Å². The number of amides is 2. The number of oxime groups is 1. The molecule has 0 fully saturated rings. The summed E-state index contributed by atoms with van der Waals surface area (Å²) in [5.74, 6) is -3.07. The molecular weight excluding hydrogens is 346 g/mol. The predicted octanol–water partition coefficient (Wildman–Crippen LogP) is 0.796. The Kier molecular flexibility index (Phi) is 5.53. The number of fused-ring (bicyclic) bond motifs is 1. The standard InChI is InChI=1S/C15H15N5O6/c16-9-5-7-3-1-2-4-10(7)19-12(9)8(13(21)26-15(18)23)6-11(20-24)25-14(17)22/h1-5,8,24H,6,16H2,(H2,17,22)(H2,18,23)/b20-11+. The number of carbonyl (C=O) groups is 3. The van der Waals surface area contributed by atoms with Crippen molar-refractivity contribution in [2.24, 2.45) is 16.6 Å². The third kappa shape index (κ3) is 4.35. The molecule has 2 amide bonds. The Morgan fingerprint density at radius 3 is 2.42 bits per heavy atom. The van der Waals surface area contributed by atoms with E-state index in [0.717, 1.165) is 0 Å². The van der Waals surface area contributed by atoms with Gasteiger partial charge in [-0.05, 0) is 12.1 Å². The van der Waals surface area contributed by atoms with E-state index in [-0.39, 0.29) is 11.4 Å². The molecule has 1 atom stereocenters. The minimum Gasteiger partial charge on any atom is -0.408 e. The summed E-state index contributed by atoms with van der Waals surface area (Å²) in [6.07, 6.45) is -3.13. The first-order valence-electron chi connectivity index (χ1n) is 7.16. The fourth-order valence-electron chi connectivity index (χ4n) is 2.28. The first-order chi connectivity index (χ1) is 12.3. The molecule has 1 unspecified atom stereocenters. The van der Waals surface area contributed by atoms with E-state index in [9.17, 15) is 14.4 Å². The van der Waals surface area contributed by atoms with E-state index in [1.165, 1.54) is 0 Å². The molecule has 26 heavy (non-hydrogen) atoms. The van der Waals surface area contributed by atoms with Crippen LogP contribution in [0.15, 0.2) is 35.5 Å². The van der Waals surface area contributed by atoms with Crippen LogP contribution in [-0.4, -0.2) is 34.2 Å². The second kappa shape index (κ2) is 7.79. The monoisotopic (exact) mass is 361 g/mol. The Morgan fingerprint density at radius 2 is 1.81 bits per heavy atom. The van der Waals surface area contributed by atoms with Crippen LogP contribution in [0.2, 0.25) is 0 Å². The van der Waals surface area contributed by atoms with E-state index < -0.39 is 36.4 Å². The maximum Gasteiger partial charge on any atom is 0.412 e. The topological polar surface area (TPSA) is 193 Å². The Labute approximate surface area is 146 Å². The Morgan fingerprint density at radius 1 is 1.15 bits per heavy atom. The van der Waals surface area contributed by atoms with Crippen LogP contribution in [0, 0.1) is 0 Å². The van der Waals surface area contributed by atoms with E-state index in [0.29, 0.717) is 10.9 Å². The first kappa shape index (κ1) is 18.4. The number of nitrogens with zero attached hydrogens (tertiary/aromatic N) is 2. The maximum absolute atomic E-state index is 12.3. The van der Waals surface area contributed by atoms with Crippen molar-refractivity contribution in [3.8, 4) is 0 Å². The van der Waals surface area contributed by atoms with Crippen molar-refractivity contribution >= 4 is 40.6 Å². The van der Waals surface area contributed by atoms with Gasteiger partial charge in [0.15, 0.2) is 0 Å². The van der Waals surface area contributed by atoms with Crippen molar-refractivity contribution in [3.05, 3.63) is 36.0 Å². The summed E-state index contributed by atoms with van der Waals surface area (Å²) in [5.41, 5.74) is 16.3. The molecule has 0 aliphatic heterocycles. The zero-order valence-corrected chi connectivity index (χ0v) is 13.3. The van der Waals surface area contributed by atoms with Crippen LogP contribution < -0.4 is 17.2 Å². The third-order valence-electron chi connectivity index (χ3n) is 3.31. The first-order valence-corrected chi connectivity index (χ1v) is 7.16. The number of esters is 1. The largest absolute Gasteiger partial charge is 0.412 e. The lowest BCUT2D eigenvalue weighted by atomic mass is 9.98. The second-order valence-electron chi connectivity index (χ2n) is 5.07. The highest BCUT2D eigenvalue weighted by molar-refractivity contribution is 5.95. The lowest BCUT2D eigenvalue weighted by Gasteiger charge is -2.16. The Balaban J connectivity index is 2.49. The highest BCUT2D eigenvalue weighted by atomic mass is 16.6. The lowest BCUT2D eigenvalue weighted by molar-refractivity contribution is -0.138. The number of carbonyl (C=O) groups excluding carboxylic acids is 3. The van der Waals surface area contributed by atoms with Gasteiger partial charge in [-0.3, -0.25) is 4.79 Å². The third-order valence-corrected chi connectivity index (χ3v) is 3.31. The van der Waals surface area contributed by atoms with Crippen LogP contribution in [0.4, 0.5) is 15.3 Å². The number of rotatable bonds is 4. The minimum atomic E-state index is -1.35. The minimum absolute atomic E-state index is 0.0178. The van der Waals surface area contributed by atoms with E-state index in [4.69, 9.17) is 22.4 Å². The number of aromatic nitrogens is 1. The summed E-state index contributed by atoms with van der Waals surface area (Å²) in [7, 11) is 0. The zero-order chi connectivity index (χ0) is 19.3. The SMILES string of the molecule is NC(=O)OC(=O)C(C/C(=N\O)OC(N)=O)c1nc2ccccc2cc1N. The Bertz CT molecular complexity index is 897. The van der Waals surface area contributed by atoms with Gasteiger partial charge in [-0.15, -0.1) is 0 Å². The van der Waals surface area contributed by atoms with E-state index >= 15 is 0 Å². The molecule has 11 heteroatoms. The van der Waals surface area contributed by atoms with Crippen molar-refractivity contribution in [1.82, 2.24) is 4.98 Å². The summed E-state index contributed by atoms with van der Waals surface area (Å²) in [6.45, 7) is 0. The summed E-state index contributed by atoms with van der Waals surface area (Å²) < 4.78 is 8.86. The van der Waals surface area contributed by atoms with Gasteiger partial charge in [0.25, 0.3) is 0 Å². The number of hydrogen-bond donors (Lipinski definition) is 4. The summed E-state index contributed by atoms with van der Waals surface area (Å²) >= 11 is 0. The fraction of sp³-hybridized carbons (Fsp3) is 0.133. The number of pyridine rings is 1. The second-order valence-corrected chi connectivity index (χ2v) is 5.07. The molecule has 136 valence electrons. The van der Waals surface area contributed by atoms with Crippen LogP contribution in [0.1, 0.15) is 18.0 Å². The number of benzene rings is 1. The molecule has 2 aromatic rings. The van der Waals surface area contributed by atoms with Crippen LogP contribution in [0.3, 0.4) is 0 Å². The number of nitrogen functional groups attached to an aromatic ring is 1. The highest BCUT2D eigenvalue weighted by Gasteiger charge is 2.31. The average Bonchev–Trinajstić information content (AvgIpc) is 2.57. The highest BCUT2D eigenvalue weighted by Crippen LogP contribution is 2.29. The molecule has 0 bridgehead atoms. The molecule has 0 aliphatic carbocycles. The van der Waals surface area contributed by atoms with Crippen molar-refractivity contribution in [1.29, 1.82) is 0 Å². The van der Waals surface area contributed by atoms with Gasteiger partial charge in [0.05, 0.1) is 16.9 Å². The Hall–Kier alpha value is -3.89. The van der Waals surface area contributed by atoms with Crippen molar-refractivity contribution in [2.75, 3.05) is 5.73 Å². The molecule has 1 aromatic heterocycles. The molecular formula is C15H15N5O6. The fourth-order valence-corrected chi connectivity index (χ4v) is 2.28. The van der Waals surface area contributed by atoms with Crippen LogP contribution in [-0.2, 0) is 14.3 Å². The van der Waals surface area contributed by atoms with E-state index in [1.807, 2.05) is 0 Å². The molecule has 1 heterocycles. The molecule has 0 saturated carbocycles. The number of hydrogen-bond acceptors (Lipinski definition) is 9. The van der Waals surface area contributed by atoms with E-state index in [2.05, 4.69) is 19.6 Å². The molecule has 0 spiro atoms. The summed E-state index contributed by atoms with van der Waals surface area (Å²) in [4.78, 5) is 38.3.